The van der Waals surface area contributed by atoms with Crippen LogP contribution in [0.5, 0.6) is 0 Å². The van der Waals surface area contributed by atoms with Crippen LogP contribution in [0.2, 0.25) is 0 Å². The molecule has 0 unspecified atom stereocenters. The van der Waals surface area contributed by atoms with E-state index in [2.05, 4.69) is 9.97 Å². The highest BCUT2D eigenvalue weighted by atomic mass is 19.4. The molecule has 0 amide bonds. The van der Waals surface area contributed by atoms with Gasteiger partial charge in [-0.25, -0.2) is 9.59 Å². The second-order valence-corrected chi connectivity index (χ2v) is 7.26. The maximum absolute atomic E-state index is 12.9. The van der Waals surface area contributed by atoms with Gasteiger partial charge in [0.25, 0.3) is 0 Å². The van der Waals surface area contributed by atoms with Crippen molar-refractivity contribution in [3.8, 4) is 0 Å². The Morgan fingerprint density at radius 1 is 0.848 bits per heavy atom. The van der Waals surface area contributed by atoms with Gasteiger partial charge in [0, 0.05) is 29.6 Å². The zero-order valence-corrected chi connectivity index (χ0v) is 17.3. The normalized spacial score (nSPS) is 11.5. The van der Waals surface area contributed by atoms with Crippen molar-refractivity contribution in [2.45, 2.75) is 12.6 Å². The standard InChI is InChI=1S/C24H17F3N2O4/c1-32-22(30)15-2-4-20-17(9-15)8-14(12-28-20)6-7-33-23(31)16-3-5-21-18(10-16)11-19(13-29-21)24(25,26)27/h2-5,8-13H,6-7H2,1H3. The number of carbonyl (C=O) groups is 2. The largest absolute Gasteiger partial charge is 0.465 e. The second-order valence-electron chi connectivity index (χ2n) is 7.26. The predicted octanol–water partition coefficient (Wildman–Crippen LogP) is 4.99. The van der Waals surface area contributed by atoms with E-state index in [1.165, 1.54) is 25.3 Å². The van der Waals surface area contributed by atoms with Gasteiger partial charge in [0.05, 0.1) is 41.4 Å². The lowest BCUT2D eigenvalue weighted by Gasteiger charge is -2.09. The van der Waals surface area contributed by atoms with Crippen LogP contribution in [-0.4, -0.2) is 35.6 Å². The molecular weight excluding hydrogens is 437 g/mol. The Bertz CT molecular complexity index is 1370. The van der Waals surface area contributed by atoms with E-state index in [-0.39, 0.29) is 17.6 Å². The van der Waals surface area contributed by atoms with E-state index in [9.17, 15) is 22.8 Å². The van der Waals surface area contributed by atoms with Gasteiger partial charge in [-0.3, -0.25) is 9.97 Å². The summed E-state index contributed by atoms with van der Waals surface area (Å²) in [4.78, 5) is 32.2. The van der Waals surface area contributed by atoms with E-state index in [1.54, 1.807) is 24.4 Å². The summed E-state index contributed by atoms with van der Waals surface area (Å²) in [5.74, 6) is -1.11. The summed E-state index contributed by atoms with van der Waals surface area (Å²) in [5.41, 5.74) is 1.46. The number of esters is 2. The minimum Gasteiger partial charge on any atom is -0.465 e. The zero-order valence-electron chi connectivity index (χ0n) is 17.3. The molecule has 4 aromatic rings. The number of fused-ring (bicyclic) bond motifs is 2. The molecule has 0 aliphatic rings. The first-order chi connectivity index (χ1) is 15.7. The van der Waals surface area contributed by atoms with Crippen molar-refractivity contribution in [1.29, 1.82) is 0 Å². The fourth-order valence-electron chi connectivity index (χ4n) is 3.32. The van der Waals surface area contributed by atoms with Crippen molar-refractivity contribution in [3.63, 3.8) is 0 Å². The van der Waals surface area contributed by atoms with Gasteiger partial charge < -0.3 is 9.47 Å². The number of hydrogen-bond donors (Lipinski definition) is 0. The molecule has 9 heteroatoms. The van der Waals surface area contributed by atoms with E-state index >= 15 is 0 Å². The Balaban J connectivity index is 1.44. The average Bonchev–Trinajstić information content (AvgIpc) is 2.81. The molecule has 0 aliphatic heterocycles. The van der Waals surface area contributed by atoms with Gasteiger partial charge in [-0.1, -0.05) is 0 Å². The fraction of sp³-hybridized carbons (Fsp3) is 0.167. The third-order valence-electron chi connectivity index (χ3n) is 5.03. The van der Waals surface area contributed by atoms with Crippen LogP contribution in [0.4, 0.5) is 13.2 Å². The molecule has 0 saturated carbocycles. The number of nitrogens with zero attached hydrogens (tertiary/aromatic N) is 2. The maximum Gasteiger partial charge on any atom is 0.417 e. The summed E-state index contributed by atoms with van der Waals surface area (Å²) < 4.78 is 48.8. The minimum absolute atomic E-state index is 0.0432. The molecule has 2 aromatic carbocycles. The fourth-order valence-corrected chi connectivity index (χ4v) is 3.32. The average molecular weight is 454 g/mol. The summed E-state index contributed by atoms with van der Waals surface area (Å²) >= 11 is 0. The predicted molar refractivity (Wildman–Crippen MR) is 114 cm³/mol. The number of methoxy groups -OCH3 is 1. The molecule has 0 saturated heterocycles. The number of aromatic nitrogens is 2. The van der Waals surface area contributed by atoms with Crippen LogP contribution in [0.3, 0.4) is 0 Å². The molecule has 33 heavy (non-hydrogen) atoms. The Morgan fingerprint density at radius 2 is 1.45 bits per heavy atom. The molecule has 0 radical (unpaired) electrons. The Morgan fingerprint density at radius 3 is 2.09 bits per heavy atom. The number of benzene rings is 2. The Kier molecular flexibility index (Phi) is 5.95. The molecular formula is C24H17F3N2O4. The van der Waals surface area contributed by atoms with Crippen LogP contribution >= 0.6 is 0 Å². The van der Waals surface area contributed by atoms with Gasteiger partial charge >= 0.3 is 18.1 Å². The number of carbonyl (C=O) groups excluding carboxylic acids is 2. The van der Waals surface area contributed by atoms with Gasteiger partial charge in [0.15, 0.2) is 0 Å². The number of ether oxygens (including phenoxy) is 2. The molecule has 0 fully saturated rings. The molecule has 6 nitrogen and oxygen atoms in total. The Labute approximate surface area is 186 Å². The number of halogens is 3. The molecule has 2 aromatic heterocycles. The van der Waals surface area contributed by atoms with Crippen molar-refractivity contribution in [2.75, 3.05) is 13.7 Å². The third kappa shape index (κ3) is 4.92. The lowest BCUT2D eigenvalue weighted by Crippen LogP contribution is -2.09. The summed E-state index contributed by atoms with van der Waals surface area (Å²) in [7, 11) is 1.30. The lowest BCUT2D eigenvalue weighted by atomic mass is 10.1. The van der Waals surface area contributed by atoms with E-state index in [0.717, 1.165) is 23.2 Å². The molecule has 2 heterocycles. The maximum atomic E-state index is 12.9. The quantitative estimate of drug-likeness (QED) is 0.396. The van der Waals surface area contributed by atoms with Gasteiger partial charge in [-0.15, -0.1) is 0 Å². The first-order valence-electron chi connectivity index (χ1n) is 9.86. The van der Waals surface area contributed by atoms with E-state index in [0.29, 0.717) is 23.0 Å². The first kappa shape index (κ1) is 22.2. The number of hydrogen-bond acceptors (Lipinski definition) is 6. The van der Waals surface area contributed by atoms with Crippen molar-refractivity contribution in [3.05, 3.63) is 83.2 Å². The van der Waals surface area contributed by atoms with Crippen molar-refractivity contribution < 1.29 is 32.2 Å². The zero-order chi connectivity index (χ0) is 23.6. The van der Waals surface area contributed by atoms with Crippen LogP contribution < -0.4 is 0 Å². The van der Waals surface area contributed by atoms with Crippen LogP contribution in [0, 0.1) is 0 Å². The number of pyridine rings is 2. The molecule has 0 atom stereocenters. The lowest BCUT2D eigenvalue weighted by molar-refractivity contribution is -0.137. The number of rotatable bonds is 5. The van der Waals surface area contributed by atoms with Crippen LogP contribution in [0.25, 0.3) is 21.8 Å². The second kappa shape index (κ2) is 8.85. The van der Waals surface area contributed by atoms with Crippen LogP contribution in [-0.2, 0) is 22.1 Å². The smallest absolute Gasteiger partial charge is 0.417 e. The molecule has 4 rings (SSSR count). The molecule has 0 aliphatic carbocycles. The minimum atomic E-state index is -4.52. The van der Waals surface area contributed by atoms with E-state index in [1.807, 2.05) is 6.07 Å². The highest BCUT2D eigenvalue weighted by molar-refractivity contribution is 5.95. The van der Waals surface area contributed by atoms with E-state index < -0.39 is 23.7 Å². The highest BCUT2D eigenvalue weighted by Gasteiger charge is 2.31. The van der Waals surface area contributed by atoms with Gasteiger partial charge in [0.2, 0.25) is 0 Å². The summed E-state index contributed by atoms with van der Waals surface area (Å²) in [6.45, 7) is 0.0432. The molecule has 0 N–H and O–H groups in total. The topological polar surface area (TPSA) is 78.4 Å². The van der Waals surface area contributed by atoms with E-state index in [4.69, 9.17) is 9.47 Å². The van der Waals surface area contributed by atoms with Crippen molar-refractivity contribution >= 4 is 33.7 Å². The van der Waals surface area contributed by atoms with Gasteiger partial charge in [0.1, 0.15) is 0 Å². The molecule has 0 spiro atoms. The third-order valence-corrected chi connectivity index (χ3v) is 5.03. The SMILES string of the molecule is COC(=O)c1ccc2ncc(CCOC(=O)c3ccc4ncc(C(F)(F)F)cc4c3)cc2c1. The van der Waals surface area contributed by atoms with Gasteiger partial charge in [-0.2, -0.15) is 13.2 Å². The molecule has 0 bridgehead atoms. The summed E-state index contributed by atoms with van der Waals surface area (Å²) in [5, 5.41) is 0.934. The number of alkyl halides is 3. The summed E-state index contributed by atoms with van der Waals surface area (Å²) in [6, 6.07) is 12.0. The monoisotopic (exact) mass is 454 g/mol. The van der Waals surface area contributed by atoms with Crippen molar-refractivity contribution in [1.82, 2.24) is 9.97 Å². The summed E-state index contributed by atoms with van der Waals surface area (Å²) in [6.07, 6.45) is -1.76. The first-order valence-corrected chi connectivity index (χ1v) is 9.86. The highest BCUT2D eigenvalue weighted by Crippen LogP contribution is 2.30. The Hall–Kier alpha value is -4.01. The molecule has 168 valence electrons. The van der Waals surface area contributed by atoms with Gasteiger partial charge in [-0.05, 0) is 54.1 Å². The van der Waals surface area contributed by atoms with Crippen LogP contribution in [0.1, 0.15) is 31.8 Å². The van der Waals surface area contributed by atoms with Crippen LogP contribution in [0.15, 0.2) is 60.9 Å². The van der Waals surface area contributed by atoms with Crippen molar-refractivity contribution in [2.24, 2.45) is 0 Å².